The molecule has 0 aliphatic rings. The molecule has 0 aliphatic heterocycles. The maximum absolute atomic E-state index is 13.8. The second-order valence-corrected chi connectivity index (χ2v) is 5.98. The first-order valence-corrected chi connectivity index (χ1v) is 7.96. The van der Waals surface area contributed by atoms with E-state index < -0.39 is 11.8 Å². The molecule has 3 nitrogen and oxygen atoms in total. The third-order valence-electron chi connectivity index (χ3n) is 4.05. The van der Waals surface area contributed by atoms with E-state index in [4.69, 9.17) is 9.84 Å². The standard InChI is InChI=1S/C21H25FO3/c1-13(8-10-19(22)15(3)12-21(23)24)7-9-18-14(2)11-20(25-6)17(5)16(18)4/h7-12H,1-6H3,(H,23,24)/b9-7+,13-8+,15-12+,19-10-. The first-order chi connectivity index (χ1) is 11.7. The zero-order chi connectivity index (χ0) is 19.1. The van der Waals surface area contributed by atoms with Crippen LogP contribution in [-0.4, -0.2) is 18.2 Å². The lowest BCUT2D eigenvalue weighted by molar-refractivity contribution is -0.131. The van der Waals surface area contributed by atoms with Crippen LogP contribution >= 0.6 is 0 Å². The minimum Gasteiger partial charge on any atom is -0.496 e. The smallest absolute Gasteiger partial charge is 0.328 e. The minimum absolute atomic E-state index is 0.0815. The number of rotatable bonds is 6. The van der Waals surface area contributed by atoms with Gasteiger partial charge in [-0.2, -0.15) is 0 Å². The number of benzene rings is 1. The van der Waals surface area contributed by atoms with Gasteiger partial charge in [-0.3, -0.25) is 0 Å². The number of allylic oxidation sites excluding steroid dienone is 6. The topological polar surface area (TPSA) is 46.5 Å². The van der Waals surface area contributed by atoms with Crippen molar-refractivity contribution in [1.29, 1.82) is 0 Å². The van der Waals surface area contributed by atoms with E-state index in [2.05, 4.69) is 0 Å². The summed E-state index contributed by atoms with van der Waals surface area (Å²) in [7, 11) is 1.66. The highest BCUT2D eigenvalue weighted by atomic mass is 19.1. The SMILES string of the molecule is COc1cc(C)c(/C=C/C(C)=C/C=C(F)/C(C)=C/C(=O)O)c(C)c1C. The zero-order valence-electron chi connectivity index (χ0n) is 15.6. The second-order valence-electron chi connectivity index (χ2n) is 5.98. The predicted octanol–water partition coefficient (Wildman–Crippen LogP) is 5.46. The Morgan fingerprint density at radius 3 is 2.36 bits per heavy atom. The van der Waals surface area contributed by atoms with Gasteiger partial charge in [0.2, 0.25) is 0 Å². The van der Waals surface area contributed by atoms with E-state index >= 15 is 0 Å². The van der Waals surface area contributed by atoms with Gasteiger partial charge in [-0.15, -0.1) is 0 Å². The van der Waals surface area contributed by atoms with Crippen molar-refractivity contribution in [3.05, 3.63) is 69.6 Å². The van der Waals surface area contributed by atoms with Crippen LogP contribution < -0.4 is 4.74 Å². The van der Waals surface area contributed by atoms with Crippen LogP contribution in [0.1, 0.15) is 36.1 Å². The summed E-state index contributed by atoms with van der Waals surface area (Å²) in [5, 5.41) is 8.63. The van der Waals surface area contributed by atoms with Gasteiger partial charge in [-0.1, -0.05) is 23.8 Å². The van der Waals surface area contributed by atoms with Crippen LogP contribution in [0, 0.1) is 20.8 Å². The Kier molecular flexibility index (Phi) is 7.37. The molecule has 0 heterocycles. The first-order valence-electron chi connectivity index (χ1n) is 7.96. The molecule has 0 spiro atoms. The van der Waals surface area contributed by atoms with Gasteiger partial charge in [0.25, 0.3) is 0 Å². The molecule has 134 valence electrons. The minimum atomic E-state index is -1.16. The predicted molar refractivity (Wildman–Crippen MR) is 101 cm³/mol. The number of ether oxygens (including phenoxy) is 1. The van der Waals surface area contributed by atoms with Crippen LogP contribution in [-0.2, 0) is 4.79 Å². The monoisotopic (exact) mass is 344 g/mol. The van der Waals surface area contributed by atoms with E-state index in [0.717, 1.165) is 39.7 Å². The average molecular weight is 344 g/mol. The molecule has 1 rings (SSSR count). The molecule has 1 aromatic rings. The van der Waals surface area contributed by atoms with Gasteiger partial charge in [0, 0.05) is 6.08 Å². The average Bonchev–Trinajstić information content (AvgIpc) is 2.54. The Morgan fingerprint density at radius 2 is 1.80 bits per heavy atom. The van der Waals surface area contributed by atoms with Gasteiger partial charge in [0.15, 0.2) is 0 Å². The number of carbonyl (C=O) groups is 1. The molecule has 0 atom stereocenters. The molecule has 0 aromatic heterocycles. The normalized spacial score (nSPS) is 13.5. The van der Waals surface area contributed by atoms with Crippen LogP contribution in [0.15, 0.2) is 47.3 Å². The Balaban J connectivity index is 3.06. The molecule has 25 heavy (non-hydrogen) atoms. The van der Waals surface area contributed by atoms with Gasteiger partial charge in [0.1, 0.15) is 11.6 Å². The van der Waals surface area contributed by atoms with E-state index in [0.29, 0.717) is 0 Å². The molecule has 4 heteroatoms. The van der Waals surface area contributed by atoms with E-state index in [1.165, 1.54) is 13.0 Å². The number of aliphatic carboxylic acids is 1. The van der Waals surface area contributed by atoms with E-state index in [1.807, 2.05) is 45.9 Å². The fourth-order valence-electron chi connectivity index (χ4n) is 2.39. The lowest BCUT2D eigenvalue weighted by Gasteiger charge is -2.13. The van der Waals surface area contributed by atoms with E-state index in [9.17, 15) is 9.18 Å². The maximum atomic E-state index is 13.8. The Morgan fingerprint density at radius 1 is 1.16 bits per heavy atom. The van der Waals surface area contributed by atoms with E-state index in [-0.39, 0.29) is 5.57 Å². The lowest BCUT2D eigenvalue weighted by atomic mass is 9.96. The molecule has 0 bridgehead atoms. The highest BCUT2D eigenvalue weighted by molar-refractivity contribution is 5.81. The van der Waals surface area contributed by atoms with Crippen molar-refractivity contribution in [1.82, 2.24) is 0 Å². The largest absolute Gasteiger partial charge is 0.496 e. The van der Waals surface area contributed by atoms with Crippen LogP contribution in [0.5, 0.6) is 5.75 Å². The molecular weight excluding hydrogens is 319 g/mol. The number of carboxylic acids is 1. The summed E-state index contributed by atoms with van der Waals surface area (Å²) in [5.41, 5.74) is 5.38. The molecule has 1 N–H and O–H groups in total. The Labute approximate surface area is 148 Å². The quantitative estimate of drug-likeness (QED) is 0.550. The second kappa shape index (κ2) is 9.02. The van der Waals surface area contributed by atoms with Crippen LogP contribution in [0.25, 0.3) is 6.08 Å². The molecule has 0 radical (unpaired) electrons. The van der Waals surface area contributed by atoms with Crippen LogP contribution in [0.2, 0.25) is 0 Å². The van der Waals surface area contributed by atoms with Crippen molar-refractivity contribution >= 4 is 12.0 Å². The fraction of sp³-hybridized carbons (Fsp3) is 0.286. The van der Waals surface area contributed by atoms with E-state index in [1.54, 1.807) is 13.2 Å². The molecule has 0 fully saturated rings. The molecule has 0 saturated carbocycles. The van der Waals surface area contributed by atoms with Crippen molar-refractivity contribution in [2.45, 2.75) is 34.6 Å². The van der Waals surface area contributed by atoms with Crippen molar-refractivity contribution in [2.75, 3.05) is 7.11 Å². The van der Waals surface area contributed by atoms with Crippen molar-refractivity contribution in [2.24, 2.45) is 0 Å². The van der Waals surface area contributed by atoms with Gasteiger partial charge in [0.05, 0.1) is 7.11 Å². The zero-order valence-corrected chi connectivity index (χ0v) is 15.6. The molecule has 0 aliphatic carbocycles. The number of aryl methyl sites for hydroxylation is 1. The number of halogens is 1. The Hall–Kier alpha value is -2.62. The summed E-state index contributed by atoms with van der Waals surface area (Å²) in [4.78, 5) is 10.5. The third-order valence-corrected chi connectivity index (χ3v) is 4.05. The Bertz CT molecular complexity index is 781. The molecule has 0 unspecified atom stereocenters. The number of methoxy groups -OCH3 is 1. The van der Waals surface area contributed by atoms with Crippen molar-refractivity contribution < 1.29 is 19.0 Å². The number of carboxylic acid groups (broad SMARTS) is 1. The summed E-state index contributed by atoms with van der Waals surface area (Å²) < 4.78 is 19.2. The summed E-state index contributed by atoms with van der Waals surface area (Å²) in [6, 6.07) is 2.00. The number of hydrogen-bond donors (Lipinski definition) is 1. The third kappa shape index (κ3) is 5.75. The van der Waals surface area contributed by atoms with Gasteiger partial charge in [-0.25, -0.2) is 9.18 Å². The molecule has 1 aromatic carbocycles. The summed E-state index contributed by atoms with van der Waals surface area (Å²) in [6.07, 6.45) is 7.63. The molecular formula is C21H25FO3. The van der Waals surface area contributed by atoms with Crippen LogP contribution in [0.4, 0.5) is 4.39 Å². The van der Waals surface area contributed by atoms with Crippen molar-refractivity contribution in [3.8, 4) is 5.75 Å². The summed E-state index contributed by atoms with van der Waals surface area (Å²) in [6.45, 7) is 9.36. The highest BCUT2D eigenvalue weighted by Gasteiger charge is 2.08. The van der Waals surface area contributed by atoms with Gasteiger partial charge < -0.3 is 9.84 Å². The van der Waals surface area contributed by atoms with Crippen LogP contribution in [0.3, 0.4) is 0 Å². The van der Waals surface area contributed by atoms with Gasteiger partial charge in [-0.05, 0) is 74.6 Å². The van der Waals surface area contributed by atoms with Gasteiger partial charge >= 0.3 is 5.97 Å². The molecule has 0 amide bonds. The fourth-order valence-corrected chi connectivity index (χ4v) is 2.39. The maximum Gasteiger partial charge on any atom is 0.328 e. The van der Waals surface area contributed by atoms with Crippen molar-refractivity contribution in [3.63, 3.8) is 0 Å². The highest BCUT2D eigenvalue weighted by Crippen LogP contribution is 2.28. The summed E-state index contributed by atoms with van der Waals surface area (Å²) >= 11 is 0. The summed E-state index contributed by atoms with van der Waals surface area (Å²) in [5.74, 6) is -0.865. The number of hydrogen-bond acceptors (Lipinski definition) is 2. The first kappa shape index (κ1) is 20.4. The lowest BCUT2D eigenvalue weighted by Crippen LogP contribution is -1.95. The molecule has 0 saturated heterocycles.